The first-order valence-corrected chi connectivity index (χ1v) is 8.23. The van der Waals surface area contributed by atoms with E-state index < -0.39 is 5.54 Å². The lowest BCUT2D eigenvalue weighted by molar-refractivity contribution is -0.128. The minimum Gasteiger partial charge on any atom is -0.491 e. The second kappa shape index (κ2) is 7.14. The molecule has 2 atom stereocenters. The van der Waals surface area contributed by atoms with Crippen LogP contribution in [0.4, 0.5) is 0 Å². The van der Waals surface area contributed by atoms with Crippen LogP contribution < -0.4 is 15.4 Å². The molecule has 1 saturated heterocycles. The fourth-order valence-electron chi connectivity index (χ4n) is 2.82. The first-order valence-electron chi connectivity index (χ1n) is 8.23. The summed E-state index contributed by atoms with van der Waals surface area (Å²) in [4.78, 5) is 12.6. The van der Waals surface area contributed by atoms with E-state index in [1.165, 1.54) is 0 Å². The Bertz CT molecular complexity index is 508. The first-order chi connectivity index (χ1) is 10.4. The van der Waals surface area contributed by atoms with E-state index in [2.05, 4.69) is 10.6 Å². The minimum absolute atomic E-state index is 0.0382. The molecule has 1 amide bonds. The number of carbonyl (C=O) groups is 1. The summed E-state index contributed by atoms with van der Waals surface area (Å²) in [5.74, 6) is 0.922. The van der Waals surface area contributed by atoms with Crippen molar-refractivity contribution in [2.24, 2.45) is 0 Å². The van der Waals surface area contributed by atoms with Crippen molar-refractivity contribution in [3.63, 3.8) is 0 Å². The number of hydrogen-bond acceptors (Lipinski definition) is 3. The van der Waals surface area contributed by atoms with Gasteiger partial charge in [0.2, 0.25) is 5.91 Å². The number of ether oxygens (including phenoxy) is 1. The quantitative estimate of drug-likeness (QED) is 0.878. The maximum absolute atomic E-state index is 12.6. The lowest BCUT2D eigenvalue weighted by atomic mass is 9.89. The van der Waals surface area contributed by atoms with Gasteiger partial charge in [-0.05, 0) is 71.2 Å². The Balaban J connectivity index is 2.02. The third-order valence-corrected chi connectivity index (χ3v) is 4.20. The maximum atomic E-state index is 12.6. The van der Waals surface area contributed by atoms with E-state index in [0.29, 0.717) is 0 Å². The number of benzene rings is 1. The average molecular weight is 304 g/mol. The zero-order valence-corrected chi connectivity index (χ0v) is 14.1. The monoisotopic (exact) mass is 304 g/mol. The fourth-order valence-corrected chi connectivity index (χ4v) is 2.82. The number of nitrogens with one attached hydrogen (secondary N) is 2. The molecule has 2 N–H and O–H groups in total. The molecule has 1 fully saturated rings. The summed E-state index contributed by atoms with van der Waals surface area (Å²) in [6.45, 7) is 8.93. The first kappa shape index (κ1) is 16.8. The molecular weight excluding hydrogens is 276 g/mol. The molecule has 4 nitrogen and oxygen atoms in total. The van der Waals surface area contributed by atoms with Crippen LogP contribution >= 0.6 is 0 Å². The normalized spacial score (nSPS) is 23.1. The van der Waals surface area contributed by atoms with E-state index in [9.17, 15) is 4.79 Å². The van der Waals surface area contributed by atoms with E-state index >= 15 is 0 Å². The van der Waals surface area contributed by atoms with E-state index in [1.54, 1.807) is 0 Å². The second-order valence-corrected chi connectivity index (χ2v) is 6.65. The maximum Gasteiger partial charge on any atom is 0.240 e. The molecule has 2 rings (SSSR count). The smallest absolute Gasteiger partial charge is 0.240 e. The zero-order chi connectivity index (χ0) is 16.2. The summed E-state index contributed by atoms with van der Waals surface area (Å²) in [6.07, 6.45) is 3.28. The van der Waals surface area contributed by atoms with Crippen molar-refractivity contribution in [1.82, 2.24) is 10.6 Å². The Morgan fingerprint density at radius 1 is 1.32 bits per heavy atom. The number of amides is 1. The second-order valence-electron chi connectivity index (χ2n) is 6.65. The van der Waals surface area contributed by atoms with Crippen LogP contribution in [0.5, 0.6) is 5.75 Å². The Hall–Kier alpha value is -1.55. The summed E-state index contributed by atoms with van der Waals surface area (Å²) in [5.41, 5.74) is 0.615. The summed E-state index contributed by atoms with van der Waals surface area (Å²) >= 11 is 0. The Kier molecular flexibility index (Phi) is 5.46. The molecule has 4 heteroatoms. The third kappa shape index (κ3) is 4.23. The molecule has 1 aromatic rings. The summed E-state index contributed by atoms with van der Waals surface area (Å²) in [7, 11) is 0. The number of hydrogen-bond donors (Lipinski definition) is 2. The Morgan fingerprint density at radius 2 is 2.09 bits per heavy atom. The topological polar surface area (TPSA) is 50.4 Å². The molecule has 1 aliphatic heterocycles. The Labute approximate surface area is 133 Å². The van der Waals surface area contributed by atoms with E-state index in [-0.39, 0.29) is 18.1 Å². The molecule has 1 heterocycles. The van der Waals surface area contributed by atoms with Gasteiger partial charge in [-0.2, -0.15) is 0 Å². The van der Waals surface area contributed by atoms with Gasteiger partial charge in [0.15, 0.2) is 0 Å². The predicted octanol–water partition coefficient (Wildman–Crippen LogP) is 3.18. The number of rotatable bonds is 5. The van der Waals surface area contributed by atoms with Gasteiger partial charge in [-0.15, -0.1) is 0 Å². The third-order valence-electron chi connectivity index (χ3n) is 4.20. The molecular formula is C18H28N2O2. The van der Waals surface area contributed by atoms with Crippen LogP contribution in [0.1, 0.15) is 58.6 Å². The molecule has 0 saturated carbocycles. The summed E-state index contributed by atoms with van der Waals surface area (Å²) < 4.78 is 5.72. The van der Waals surface area contributed by atoms with Crippen LogP contribution in [0.25, 0.3) is 0 Å². The van der Waals surface area contributed by atoms with Crippen LogP contribution in [0.15, 0.2) is 24.3 Å². The van der Waals surface area contributed by atoms with Crippen molar-refractivity contribution < 1.29 is 9.53 Å². The molecule has 0 aliphatic carbocycles. The molecule has 2 unspecified atom stereocenters. The predicted molar refractivity (Wildman–Crippen MR) is 89.0 cm³/mol. The highest BCUT2D eigenvalue weighted by molar-refractivity contribution is 5.86. The molecule has 22 heavy (non-hydrogen) atoms. The van der Waals surface area contributed by atoms with Crippen molar-refractivity contribution in [3.8, 4) is 5.75 Å². The van der Waals surface area contributed by atoms with Gasteiger partial charge in [0.1, 0.15) is 5.75 Å². The highest BCUT2D eigenvalue weighted by Crippen LogP contribution is 2.23. The molecule has 0 spiro atoms. The van der Waals surface area contributed by atoms with Gasteiger partial charge < -0.3 is 15.4 Å². The average Bonchev–Trinajstić information content (AvgIpc) is 2.47. The minimum atomic E-state index is -0.446. The Morgan fingerprint density at radius 3 is 2.73 bits per heavy atom. The van der Waals surface area contributed by atoms with Crippen LogP contribution in [-0.2, 0) is 4.79 Å². The van der Waals surface area contributed by atoms with Gasteiger partial charge in [-0.25, -0.2) is 0 Å². The molecule has 122 valence electrons. The molecule has 0 aromatic heterocycles. The molecule has 1 aliphatic rings. The highest BCUT2D eigenvalue weighted by atomic mass is 16.5. The van der Waals surface area contributed by atoms with Gasteiger partial charge in [-0.3, -0.25) is 4.79 Å². The van der Waals surface area contributed by atoms with Gasteiger partial charge in [0, 0.05) is 0 Å². The lowest BCUT2D eigenvalue weighted by Gasteiger charge is -2.34. The van der Waals surface area contributed by atoms with E-state index in [1.807, 2.05) is 52.0 Å². The van der Waals surface area contributed by atoms with Crippen molar-refractivity contribution >= 4 is 5.91 Å². The van der Waals surface area contributed by atoms with Crippen molar-refractivity contribution in [2.45, 2.75) is 64.6 Å². The van der Waals surface area contributed by atoms with E-state index in [4.69, 9.17) is 4.74 Å². The van der Waals surface area contributed by atoms with Crippen LogP contribution in [-0.4, -0.2) is 24.1 Å². The van der Waals surface area contributed by atoms with Gasteiger partial charge in [0.25, 0.3) is 0 Å². The SMILES string of the molecule is CC(C)Oc1cccc(C(C)NC(=O)C2(C)CCCCN2)c1. The van der Waals surface area contributed by atoms with Crippen LogP contribution in [0.2, 0.25) is 0 Å². The molecule has 0 radical (unpaired) electrons. The fraction of sp³-hybridized carbons (Fsp3) is 0.611. The number of piperidine rings is 1. The zero-order valence-electron chi connectivity index (χ0n) is 14.1. The van der Waals surface area contributed by atoms with Crippen molar-refractivity contribution in [1.29, 1.82) is 0 Å². The number of carbonyl (C=O) groups excluding carboxylic acids is 1. The largest absolute Gasteiger partial charge is 0.491 e. The van der Waals surface area contributed by atoms with Crippen LogP contribution in [0, 0.1) is 0 Å². The van der Waals surface area contributed by atoms with Crippen molar-refractivity contribution in [2.75, 3.05) is 6.54 Å². The van der Waals surface area contributed by atoms with Crippen LogP contribution in [0.3, 0.4) is 0 Å². The molecule has 1 aromatic carbocycles. The molecule has 0 bridgehead atoms. The standard InChI is InChI=1S/C18H28N2O2/c1-13(2)22-16-9-7-8-15(12-16)14(3)20-17(21)18(4)10-5-6-11-19-18/h7-9,12-14,19H,5-6,10-11H2,1-4H3,(H,20,21). The summed E-state index contributed by atoms with van der Waals surface area (Å²) in [6, 6.07) is 7.90. The highest BCUT2D eigenvalue weighted by Gasteiger charge is 2.34. The van der Waals surface area contributed by atoms with Crippen molar-refractivity contribution in [3.05, 3.63) is 29.8 Å². The summed E-state index contributed by atoms with van der Waals surface area (Å²) in [5, 5.41) is 6.48. The van der Waals surface area contributed by atoms with Gasteiger partial charge >= 0.3 is 0 Å². The van der Waals surface area contributed by atoms with Gasteiger partial charge in [-0.1, -0.05) is 12.1 Å². The van der Waals surface area contributed by atoms with Gasteiger partial charge in [0.05, 0.1) is 17.7 Å². The lowest BCUT2D eigenvalue weighted by Crippen LogP contribution is -2.57. The van der Waals surface area contributed by atoms with E-state index in [0.717, 1.165) is 37.1 Å².